The van der Waals surface area contributed by atoms with Crippen molar-refractivity contribution in [3.05, 3.63) is 95.4 Å². The lowest BCUT2D eigenvalue weighted by atomic mass is 9.99. The van der Waals surface area contributed by atoms with E-state index in [1.165, 1.54) is 0 Å². The maximum Gasteiger partial charge on any atom is 0.356 e. The molecule has 1 N–H and O–H groups in total. The molecule has 2 aromatic carbocycles. The minimum absolute atomic E-state index is 0.165. The van der Waals surface area contributed by atoms with Crippen molar-refractivity contribution in [3.8, 4) is 22.8 Å². The Hall–Kier alpha value is -4.66. The lowest BCUT2D eigenvalue weighted by Crippen LogP contribution is -2.24. The maximum atomic E-state index is 12.7. The Morgan fingerprint density at radius 3 is 2.55 bits per heavy atom. The zero-order valence-corrected chi connectivity index (χ0v) is 24.7. The fraction of sp³-hybridized carbons (Fsp3) is 0.333. The van der Waals surface area contributed by atoms with Gasteiger partial charge in [-0.05, 0) is 76.4 Å². The number of carbonyl (C=O) groups excluding carboxylic acids is 2. The Morgan fingerprint density at radius 2 is 1.83 bits per heavy atom. The van der Waals surface area contributed by atoms with Crippen LogP contribution in [0.2, 0.25) is 0 Å². The third-order valence-corrected chi connectivity index (χ3v) is 6.27. The number of hydrogen-bond acceptors (Lipinski definition) is 8. The molecule has 0 aliphatic rings. The van der Waals surface area contributed by atoms with Crippen molar-refractivity contribution < 1.29 is 28.5 Å². The van der Waals surface area contributed by atoms with Gasteiger partial charge < -0.3 is 18.9 Å². The van der Waals surface area contributed by atoms with Crippen molar-refractivity contribution in [1.29, 1.82) is 0 Å². The molecule has 0 amide bonds. The lowest BCUT2D eigenvalue weighted by Gasteiger charge is -2.24. The molecule has 0 aliphatic heterocycles. The summed E-state index contributed by atoms with van der Waals surface area (Å²) in [4.78, 5) is 29.1. The van der Waals surface area contributed by atoms with Gasteiger partial charge >= 0.3 is 11.9 Å². The second kappa shape index (κ2) is 13.8. The van der Waals surface area contributed by atoms with Crippen molar-refractivity contribution in [2.24, 2.45) is 0 Å². The smallest absolute Gasteiger partial charge is 0.356 e. The van der Waals surface area contributed by atoms with Crippen LogP contribution < -0.4 is 9.47 Å². The van der Waals surface area contributed by atoms with Crippen molar-refractivity contribution >= 4 is 11.9 Å². The van der Waals surface area contributed by atoms with Crippen molar-refractivity contribution in [2.45, 2.75) is 65.8 Å². The minimum Gasteiger partial charge on any atom is -0.489 e. The number of nitrogens with one attached hydrogen (secondary N) is 1. The van der Waals surface area contributed by atoms with Crippen LogP contribution in [0.3, 0.4) is 0 Å². The van der Waals surface area contributed by atoms with Gasteiger partial charge in [0.25, 0.3) is 0 Å². The molecule has 220 valence electrons. The summed E-state index contributed by atoms with van der Waals surface area (Å²) in [6, 6.07) is 18.8. The summed E-state index contributed by atoms with van der Waals surface area (Å²) in [5.74, 6) is 0.266. The highest BCUT2D eigenvalue weighted by molar-refractivity contribution is 5.89. The van der Waals surface area contributed by atoms with Crippen LogP contribution >= 0.6 is 0 Å². The summed E-state index contributed by atoms with van der Waals surface area (Å²) in [5, 5.41) is 7.11. The van der Waals surface area contributed by atoms with Gasteiger partial charge in [0.15, 0.2) is 0 Å². The molecule has 1 unspecified atom stereocenters. The maximum absolute atomic E-state index is 12.7. The van der Waals surface area contributed by atoms with Gasteiger partial charge in [-0.2, -0.15) is 5.10 Å². The Kier molecular flexibility index (Phi) is 9.96. The van der Waals surface area contributed by atoms with E-state index in [4.69, 9.17) is 18.9 Å². The molecule has 2 aromatic heterocycles. The molecule has 0 radical (unpaired) electrons. The third-order valence-electron chi connectivity index (χ3n) is 6.27. The van der Waals surface area contributed by atoms with E-state index in [-0.39, 0.29) is 24.7 Å². The molecule has 4 rings (SSSR count). The number of aryl methyl sites for hydroxylation is 1. The van der Waals surface area contributed by atoms with Gasteiger partial charge in [0, 0.05) is 36.0 Å². The normalized spacial score (nSPS) is 11.9. The first-order chi connectivity index (χ1) is 20.1. The Balaban J connectivity index is 1.68. The number of aromatic nitrogens is 3. The van der Waals surface area contributed by atoms with Crippen LogP contribution in [-0.2, 0) is 20.9 Å². The Bertz CT molecular complexity index is 1490. The predicted octanol–water partition coefficient (Wildman–Crippen LogP) is 6.78. The average molecular weight is 572 g/mol. The van der Waals surface area contributed by atoms with Gasteiger partial charge in [-0.3, -0.25) is 14.9 Å². The fourth-order valence-electron chi connectivity index (χ4n) is 4.35. The molecule has 0 aliphatic carbocycles. The van der Waals surface area contributed by atoms with Crippen molar-refractivity contribution in [2.75, 3.05) is 6.61 Å². The van der Waals surface area contributed by atoms with Gasteiger partial charge in [0.05, 0.1) is 12.3 Å². The highest BCUT2D eigenvalue weighted by atomic mass is 16.6. The third kappa shape index (κ3) is 8.42. The highest BCUT2D eigenvalue weighted by Crippen LogP contribution is 2.38. The van der Waals surface area contributed by atoms with E-state index < -0.39 is 17.7 Å². The number of ether oxygens (including phenoxy) is 4. The van der Waals surface area contributed by atoms with Crippen LogP contribution in [-0.4, -0.2) is 39.3 Å². The first-order valence-electron chi connectivity index (χ1n) is 14.0. The summed E-state index contributed by atoms with van der Waals surface area (Å²) in [5.41, 5.74) is 3.69. The molecule has 1 atom stereocenters. The number of hydrogen-bond donors (Lipinski definition) is 1. The Labute approximate surface area is 246 Å². The quantitative estimate of drug-likeness (QED) is 0.185. The van der Waals surface area contributed by atoms with E-state index in [9.17, 15) is 9.59 Å². The van der Waals surface area contributed by atoms with E-state index in [1.54, 1.807) is 31.5 Å². The number of aromatic amines is 1. The number of H-pyrrole nitrogens is 1. The van der Waals surface area contributed by atoms with Crippen LogP contribution in [0.15, 0.2) is 73.1 Å². The van der Waals surface area contributed by atoms with Crippen LogP contribution in [0.5, 0.6) is 11.5 Å². The molecule has 2 heterocycles. The zero-order chi connectivity index (χ0) is 30.1. The van der Waals surface area contributed by atoms with Gasteiger partial charge in [-0.25, -0.2) is 4.79 Å². The summed E-state index contributed by atoms with van der Waals surface area (Å²) in [7, 11) is 0. The summed E-state index contributed by atoms with van der Waals surface area (Å²) >= 11 is 0. The topological polar surface area (TPSA) is 113 Å². The van der Waals surface area contributed by atoms with Gasteiger partial charge in [-0.1, -0.05) is 30.3 Å². The van der Waals surface area contributed by atoms with Crippen LogP contribution in [0, 0.1) is 6.92 Å². The zero-order valence-electron chi connectivity index (χ0n) is 24.7. The molecule has 0 fully saturated rings. The fourth-order valence-corrected chi connectivity index (χ4v) is 4.35. The van der Waals surface area contributed by atoms with Crippen LogP contribution in [0.1, 0.15) is 73.8 Å². The first-order valence-corrected chi connectivity index (χ1v) is 14.0. The van der Waals surface area contributed by atoms with E-state index in [2.05, 4.69) is 15.2 Å². The number of benzene rings is 2. The number of carbonyl (C=O) groups is 2. The first kappa shape index (κ1) is 30.3. The second-order valence-corrected chi connectivity index (χ2v) is 10.8. The molecule has 0 saturated carbocycles. The Morgan fingerprint density at radius 1 is 1.02 bits per heavy atom. The SMILES string of the molecule is CCOC(=O)c1cc(-c2ccc(OCc3cccnc3)cc2OC(CCC(=O)OC(C)(C)C)c2ccccc2C)n[nH]1. The highest BCUT2D eigenvalue weighted by Gasteiger charge is 2.23. The number of nitrogens with zero attached hydrogens (tertiary/aromatic N) is 2. The van der Waals surface area contributed by atoms with Gasteiger partial charge in [0.1, 0.15) is 35.5 Å². The van der Waals surface area contributed by atoms with Crippen LogP contribution in [0.25, 0.3) is 11.3 Å². The van der Waals surface area contributed by atoms with E-state index in [1.807, 2.05) is 76.2 Å². The second-order valence-electron chi connectivity index (χ2n) is 10.8. The molecular formula is C33H37N3O6. The minimum atomic E-state index is -0.584. The number of pyridine rings is 1. The van der Waals surface area contributed by atoms with Crippen molar-refractivity contribution in [1.82, 2.24) is 15.2 Å². The number of rotatable bonds is 12. The van der Waals surface area contributed by atoms with Crippen LogP contribution in [0.4, 0.5) is 0 Å². The predicted molar refractivity (Wildman–Crippen MR) is 158 cm³/mol. The standard InChI is InChI=1S/C33H37N3O6/c1-6-39-32(38)28-19-27(35-36-28)26-14-13-24(40-21-23-11-9-17-34-20-23)18-30(26)41-29(25-12-8-7-10-22(25)2)15-16-31(37)42-33(3,4)5/h7-14,17-20,29H,6,15-16,21H2,1-5H3,(H,35,36). The van der Waals surface area contributed by atoms with E-state index >= 15 is 0 Å². The van der Waals surface area contributed by atoms with Crippen molar-refractivity contribution in [3.63, 3.8) is 0 Å². The van der Waals surface area contributed by atoms with E-state index in [0.717, 1.165) is 16.7 Å². The summed E-state index contributed by atoms with van der Waals surface area (Å²) in [6.45, 7) is 9.86. The molecule has 0 saturated heterocycles. The lowest BCUT2D eigenvalue weighted by molar-refractivity contribution is -0.155. The van der Waals surface area contributed by atoms with E-state index in [0.29, 0.717) is 35.8 Å². The summed E-state index contributed by atoms with van der Waals surface area (Å²) in [6.07, 6.45) is 3.53. The molecular weight excluding hydrogens is 534 g/mol. The molecule has 42 heavy (non-hydrogen) atoms. The summed E-state index contributed by atoms with van der Waals surface area (Å²) < 4.78 is 23.4. The molecule has 9 heteroatoms. The average Bonchev–Trinajstić information content (AvgIpc) is 3.45. The molecule has 0 spiro atoms. The largest absolute Gasteiger partial charge is 0.489 e. The molecule has 9 nitrogen and oxygen atoms in total. The molecule has 0 bridgehead atoms. The van der Waals surface area contributed by atoms with Gasteiger partial charge in [0.2, 0.25) is 0 Å². The monoisotopic (exact) mass is 571 g/mol. The number of esters is 2. The van der Waals surface area contributed by atoms with Gasteiger partial charge in [-0.15, -0.1) is 0 Å². The molecule has 4 aromatic rings.